The van der Waals surface area contributed by atoms with Crippen LogP contribution in [0.15, 0.2) is 18.2 Å². The second-order valence-corrected chi connectivity index (χ2v) is 4.92. The van der Waals surface area contributed by atoms with E-state index in [0.717, 1.165) is 5.69 Å². The largest absolute Gasteiger partial charge is 0.383 e. The highest BCUT2D eigenvalue weighted by Crippen LogP contribution is 2.34. The number of amides is 1. The van der Waals surface area contributed by atoms with E-state index < -0.39 is 5.82 Å². The number of hydrogen-bond acceptors (Lipinski definition) is 3. The smallest absolute Gasteiger partial charge is 0.221 e. The summed E-state index contributed by atoms with van der Waals surface area (Å²) in [5.41, 5.74) is 0.989. The molecule has 5 heteroatoms. The molecule has 4 nitrogen and oxygen atoms in total. The van der Waals surface area contributed by atoms with Gasteiger partial charge in [0, 0.05) is 19.7 Å². The van der Waals surface area contributed by atoms with Crippen LogP contribution in [0.4, 0.5) is 15.8 Å². The maximum atomic E-state index is 13.5. The van der Waals surface area contributed by atoms with Crippen molar-refractivity contribution in [1.29, 1.82) is 0 Å². The van der Waals surface area contributed by atoms with Gasteiger partial charge >= 0.3 is 0 Å². The molecule has 1 saturated carbocycles. The highest BCUT2D eigenvalue weighted by atomic mass is 19.1. The number of halogens is 1. The van der Waals surface area contributed by atoms with Crippen LogP contribution < -0.4 is 10.6 Å². The first kappa shape index (κ1) is 13.8. The molecular weight excluding hydrogens is 247 g/mol. The number of nitrogens with one attached hydrogen (secondary N) is 2. The van der Waals surface area contributed by atoms with Crippen molar-refractivity contribution in [3.63, 3.8) is 0 Å². The molecular formula is C14H19FN2O2. The molecule has 1 fully saturated rings. The SMILES string of the molecule is COCC(Nc1ccc(F)c(NC(C)=O)c1)C1CC1. The monoisotopic (exact) mass is 266 g/mol. The molecule has 2 N–H and O–H groups in total. The van der Waals surface area contributed by atoms with Gasteiger partial charge in [-0.25, -0.2) is 4.39 Å². The minimum atomic E-state index is -0.435. The van der Waals surface area contributed by atoms with E-state index in [1.54, 1.807) is 19.2 Å². The summed E-state index contributed by atoms with van der Waals surface area (Å²) in [5.74, 6) is -0.101. The Morgan fingerprint density at radius 3 is 2.84 bits per heavy atom. The maximum Gasteiger partial charge on any atom is 0.221 e. The van der Waals surface area contributed by atoms with Gasteiger partial charge in [-0.15, -0.1) is 0 Å². The molecule has 0 saturated heterocycles. The first-order chi connectivity index (χ1) is 9.10. The summed E-state index contributed by atoms with van der Waals surface area (Å²) in [6, 6.07) is 4.87. The zero-order valence-electron chi connectivity index (χ0n) is 11.2. The van der Waals surface area contributed by atoms with Gasteiger partial charge in [-0.05, 0) is 37.0 Å². The lowest BCUT2D eigenvalue weighted by Crippen LogP contribution is -2.27. The topological polar surface area (TPSA) is 50.4 Å². The number of rotatable bonds is 6. The third kappa shape index (κ3) is 3.92. The summed E-state index contributed by atoms with van der Waals surface area (Å²) < 4.78 is 18.7. The van der Waals surface area contributed by atoms with Crippen LogP contribution in [-0.4, -0.2) is 25.7 Å². The van der Waals surface area contributed by atoms with Gasteiger partial charge in [0.05, 0.1) is 18.3 Å². The molecule has 1 aliphatic carbocycles. The lowest BCUT2D eigenvalue weighted by atomic mass is 10.1. The van der Waals surface area contributed by atoms with Crippen molar-refractivity contribution in [3.05, 3.63) is 24.0 Å². The van der Waals surface area contributed by atoms with E-state index in [1.165, 1.54) is 25.8 Å². The zero-order valence-corrected chi connectivity index (χ0v) is 11.2. The minimum Gasteiger partial charge on any atom is -0.383 e. The van der Waals surface area contributed by atoms with Crippen molar-refractivity contribution in [3.8, 4) is 0 Å². The van der Waals surface area contributed by atoms with Gasteiger partial charge in [-0.2, -0.15) is 0 Å². The Labute approximate surface area is 112 Å². The van der Waals surface area contributed by atoms with Crippen molar-refractivity contribution in [2.75, 3.05) is 24.4 Å². The van der Waals surface area contributed by atoms with Crippen LogP contribution in [0.1, 0.15) is 19.8 Å². The molecule has 1 aromatic carbocycles. The number of benzene rings is 1. The van der Waals surface area contributed by atoms with E-state index in [4.69, 9.17) is 4.74 Å². The van der Waals surface area contributed by atoms with Crippen LogP contribution in [0.5, 0.6) is 0 Å². The van der Waals surface area contributed by atoms with Crippen molar-refractivity contribution in [2.45, 2.75) is 25.8 Å². The van der Waals surface area contributed by atoms with Crippen molar-refractivity contribution < 1.29 is 13.9 Å². The van der Waals surface area contributed by atoms with Gasteiger partial charge in [0.2, 0.25) is 5.91 Å². The van der Waals surface area contributed by atoms with Crippen LogP contribution in [0.2, 0.25) is 0 Å². The highest BCUT2D eigenvalue weighted by molar-refractivity contribution is 5.89. The summed E-state index contributed by atoms with van der Waals surface area (Å²) in [4.78, 5) is 11.0. The third-order valence-electron chi connectivity index (χ3n) is 3.17. The normalized spacial score (nSPS) is 15.9. The lowest BCUT2D eigenvalue weighted by molar-refractivity contribution is -0.114. The van der Waals surface area contributed by atoms with Crippen molar-refractivity contribution >= 4 is 17.3 Å². The van der Waals surface area contributed by atoms with Crippen LogP contribution in [-0.2, 0) is 9.53 Å². The third-order valence-corrected chi connectivity index (χ3v) is 3.17. The zero-order chi connectivity index (χ0) is 13.8. The van der Waals surface area contributed by atoms with Gasteiger partial charge < -0.3 is 15.4 Å². The van der Waals surface area contributed by atoms with Crippen molar-refractivity contribution in [2.24, 2.45) is 5.92 Å². The Morgan fingerprint density at radius 1 is 1.53 bits per heavy atom. The van der Waals surface area contributed by atoms with E-state index in [0.29, 0.717) is 12.5 Å². The van der Waals surface area contributed by atoms with Crippen LogP contribution in [0.3, 0.4) is 0 Å². The number of carbonyl (C=O) groups excluding carboxylic acids is 1. The lowest BCUT2D eigenvalue weighted by Gasteiger charge is -2.19. The summed E-state index contributed by atoms with van der Waals surface area (Å²) in [5, 5.41) is 5.82. The van der Waals surface area contributed by atoms with Crippen LogP contribution in [0.25, 0.3) is 0 Å². The number of hydrogen-bond donors (Lipinski definition) is 2. The number of carbonyl (C=O) groups is 1. The molecule has 1 aromatic rings. The van der Waals surface area contributed by atoms with E-state index >= 15 is 0 Å². The van der Waals surface area contributed by atoms with Gasteiger partial charge in [0.1, 0.15) is 5.82 Å². The fourth-order valence-electron chi connectivity index (χ4n) is 2.09. The van der Waals surface area contributed by atoms with E-state index in [9.17, 15) is 9.18 Å². The molecule has 0 aliphatic heterocycles. The second-order valence-electron chi connectivity index (χ2n) is 4.92. The molecule has 104 valence electrons. The average molecular weight is 266 g/mol. The quantitative estimate of drug-likeness (QED) is 0.832. The molecule has 1 atom stereocenters. The predicted octanol–water partition coefficient (Wildman–Crippen LogP) is 2.62. The number of ether oxygens (including phenoxy) is 1. The molecule has 0 radical (unpaired) electrons. The van der Waals surface area contributed by atoms with Gasteiger partial charge in [0.15, 0.2) is 0 Å². The number of anilines is 2. The van der Waals surface area contributed by atoms with Crippen molar-refractivity contribution in [1.82, 2.24) is 0 Å². The first-order valence-corrected chi connectivity index (χ1v) is 6.42. The molecule has 1 amide bonds. The molecule has 0 spiro atoms. The van der Waals surface area contributed by atoms with Gasteiger partial charge in [-0.1, -0.05) is 0 Å². The van der Waals surface area contributed by atoms with Gasteiger partial charge in [0.25, 0.3) is 0 Å². The van der Waals surface area contributed by atoms with E-state index in [1.807, 2.05) is 0 Å². The van der Waals surface area contributed by atoms with E-state index in [-0.39, 0.29) is 17.6 Å². The predicted molar refractivity (Wildman–Crippen MR) is 72.7 cm³/mol. The molecule has 2 rings (SSSR count). The molecule has 0 heterocycles. The summed E-state index contributed by atoms with van der Waals surface area (Å²) >= 11 is 0. The van der Waals surface area contributed by atoms with Crippen LogP contribution >= 0.6 is 0 Å². The molecule has 0 bridgehead atoms. The van der Waals surface area contributed by atoms with Crippen LogP contribution in [0, 0.1) is 11.7 Å². The molecule has 1 unspecified atom stereocenters. The summed E-state index contributed by atoms with van der Waals surface area (Å²) in [7, 11) is 1.67. The highest BCUT2D eigenvalue weighted by Gasteiger charge is 2.31. The Bertz CT molecular complexity index is 461. The summed E-state index contributed by atoms with van der Waals surface area (Å²) in [6.07, 6.45) is 2.39. The minimum absolute atomic E-state index is 0.199. The fourth-order valence-corrected chi connectivity index (χ4v) is 2.09. The number of methoxy groups -OCH3 is 1. The fraction of sp³-hybridized carbons (Fsp3) is 0.500. The standard InChI is InChI=1S/C14H19FN2O2/c1-9(18)16-13-7-11(5-6-12(13)15)17-14(8-19-2)10-3-4-10/h5-7,10,14,17H,3-4,8H2,1-2H3,(H,16,18). The average Bonchev–Trinajstić information content (AvgIpc) is 3.16. The Kier molecular flexibility index (Phi) is 4.37. The Hall–Kier alpha value is -1.62. The second kappa shape index (κ2) is 6.02. The van der Waals surface area contributed by atoms with Gasteiger partial charge in [-0.3, -0.25) is 4.79 Å². The molecule has 0 aromatic heterocycles. The maximum absolute atomic E-state index is 13.5. The first-order valence-electron chi connectivity index (χ1n) is 6.42. The Balaban J connectivity index is 2.08. The van der Waals surface area contributed by atoms with E-state index in [2.05, 4.69) is 10.6 Å². The molecule has 1 aliphatic rings. The summed E-state index contributed by atoms with van der Waals surface area (Å²) in [6.45, 7) is 1.98. The Morgan fingerprint density at radius 2 is 2.26 bits per heavy atom. The molecule has 19 heavy (non-hydrogen) atoms.